The number of aliphatic hydroxyl groups excluding tert-OH is 2. The second-order valence-corrected chi connectivity index (χ2v) is 3.20. The molecule has 1 aliphatic heterocycles. The third-order valence-corrected chi connectivity index (χ3v) is 2.12. The number of ether oxygens (including phenoxy) is 2. The van der Waals surface area contributed by atoms with E-state index >= 15 is 0 Å². The van der Waals surface area contributed by atoms with Crippen LogP contribution in [0.3, 0.4) is 0 Å². The number of hydrogen-bond acceptors (Lipinski definition) is 4. The lowest BCUT2D eigenvalue weighted by atomic mass is 10.0. The molecule has 1 heterocycles. The maximum Gasteiger partial charge on any atom is 0.181 e. The maximum absolute atomic E-state index is 9.42. The van der Waals surface area contributed by atoms with Crippen molar-refractivity contribution in [2.75, 3.05) is 6.61 Å². The van der Waals surface area contributed by atoms with Crippen LogP contribution in [-0.4, -0.2) is 41.4 Å². The van der Waals surface area contributed by atoms with Gasteiger partial charge in [-0.3, -0.25) is 0 Å². The van der Waals surface area contributed by atoms with E-state index in [1.165, 1.54) is 0 Å². The zero-order valence-electron chi connectivity index (χ0n) is 7.72. The van der Waals surface area contributed by atoms with Crippen molar-refractivity contribution in [3.05, 3.63) is 12.7 Å². The van der Waals surface area contributed by atoms with Gasteiger partial charge < -0.3 is 19.7 Å². The number of rotatable bonds is 3. The molecule has 0 aromatic heterocycles. The Balaban J connectivity index is 2.41. The molecule has 1 fully saturated rings. The van der Waals surface area contributed by atoms with Crippen molar-refractivity contribution in [3.8, 4) is 0 Å². The highest BCUT2D eigenvalue weighted by Gasteiger charge is 2.34. The van der Waals surface area contributed by atoms with Crippen molar-refractivity contribution in [1.82, 2.24) is 0 Å². The lowest BCUT2D eigenvalue weighted by molar-refractivity contribution is -0.249. The van der Waals surface area contributed by atoms with Crippen molar-refractivity contribution >= 4 is 0 Å². The molecule has 2 N–H and O–H groups in total. The highest BCUT2D eigenvalue weighted by Crippen LogP contribution is 2.20. The highest BCUT2D eigenvalue weighted by atomic mass is 16.6. The van der Waals surface area contributed by atoms with Crippen molar-refractivity contribution in [2.24, 2.45) is 0 Å². The minimum atomic E-state index is -0.946. The van der Waals surface area contributed by atoms with Gasteiger partial charge in [-0.2, -0.15) is 0 Å². The van der Waals surface area contributed by atoms with Crippen LogP contribution in [0.2, 0.25) is 0 Å². The third-order valence-electron chi connectivity index (χ3n) is 2.12. The van der Waals surface area contributed by atoms with E-state index in [0.717, 1.165) is 0 Å². The van der Waals surface area contributed by atoms with Gasteiger partial charge in [0.1, 0.15) is 6.10 Å². The predicted octanol–water partition coefficient (Wildman–Crippen LogP) is 0.0457. The molecule has 0 bridgehead atoms. The van der Waals surface area contributed by atoms with Gasteiger partial charge in [0.25, 0.3) is 0 Å². The largest absolute Gasteiger partial charge is 0.390 e. The van der Waals surface area contributed by atoms with E-state index < -0.39 is 18.5 Å². The van der Waals surface area contributed by atoms with E-state index in [2.05, 4.69) is 6.58 Å². The van der Waals surface area contributed by atoms with Gasteiger partial charge in [-0.05, 0) is 6.92 Å². The van der Waals surface area contributed by atoms with Gasteiger partial charge in [-0.15, -0.1) is 6.58 Å². The maximum atomic E-state index is 9.42. The topological polar surface area (TPSA) is 58.9 Å². The van der Waals surface area contributed by atoms with Gasteiger partial charge in [0, 0.05) is 6.42 Å². The molecule has 0 amide bonds. The summed E-state index contributed by atoms with van der Waals surface area (Å²) < 4.78 is 10.3. The van der Waals surface area contributed by atoms with Gasteiger partial charge in [-0.1, -0.05) is 6.08 Å². The molecule has 0 aromatic rings. The first kappa shape index (κ1) is 10.7. The Bertz CT molecular complexity index is 171. The second kappa shape index (κ2) is 4.72. The molecule has 4 atom stereocenters. The molecule has 2 unspecified atom stereocenters. The summed E-state index contributed by atoms with van der Waals surface area (Å²) in [7, 11) is 0. The minimum Gasteiger partial charge on any atom is -0.390 e. The van der Waals surface area contributed by atoms with Gasteiger partial charge >= 0.3 is 0 Å². The lowest BCUT2D eigenvalue weighted by Gasteiger charge is -2.34. The Kier molecular flexibility index (Phi) is 3.87. The van der Waals surface area contributed by atoms with Gasteiger partial charge in [0.2, 0.25) is 0 Å². The minimum absolute atomic E-state index is 0.335. The summed E-state index contributed by atoms with van der Waals surface area (Å²) in [5.41, 5.74) is 0. The smallest absolute Gasteiger partial charge is 0.181 e. The zero-order valence-corrected chi connectivity index (χ0v) is 7.72. The lowest BCUT2D eigenvalue weighted by Crippen LogP contribution is -2.47. The summed E-state index contributed by atoms with van der Waals surface area (Å²) in [5.74, 6) is 0. The number of hydrogen-bond donors (Lipinski definition) is 2. The molecule has 0 spiro atoms. The van der Waals surface area contributed by atoms with Crippen LogP contribution in [-0.2, 0) is 9.47 Å². The highest BCUT2D eigenvalue weighted by molar-refractivity contribution is 4.79. The summed E-state index contributed by atoms with van der Waals surface area (Å²) in [6, 6.07) is 0. The summed E-state index contributed by atoms with van der Waals surface area (Å²) in [6.45, 7) is 5.57. The monoisotopic (exact) mass is 188 g/mol. The van der Waals surface area contributed by atoms with E-state index in [0.29, 0.717) is 13.0 Å². The van der Waals surface area contributed by atoms with Gasteiger partial charge in [0.05, 0.1) is 18.8 Å². The van der Waals surface area contributed by atoms with E-state index in [9.17, 15) is 10.2 Å². The molecule has 1 saturated heterocycles. The molecule has 0 aromatic carbocycles. The Hall–Kier alpha value is -0.420. The quantitative estimate of drug-likeness (QED) is 0.614. The number of aliphatic hydroxyl groups is 2. The molecule has 76 valence electrons. The summed E-state index contributed by atoms with van der Waals surface area (Å²) >= 11 is 0. The summed E-state index contributed by atoms with van der Waals surface area (Å²) in [6.07, 6.45) is -0.313. The molecule has 0 saturated carbocycles. The van der Waals surface area contributed by atoms with Crippen LogP contribution < -0.4 is 0 Å². The van der Waals surface area contributed by atoms with Crippen LogP contribution in [0.25, 0.3) is 0 Å². The fourth-order valence-electron chi connectivity index (χ4n) is 1.29. The Morgan fingerprint density at radius 2 is 2.31 bits per heavy atom. The van der Waals surface area contributed by atoms with Crippen LogP contribution >= 0.6 is 0 Å². The summed E-state index contributed by atoms with van der Waals surface area (Å²) in [4.78, 5) is 0. The molecular weight excluding hydrogens is 172 g/mol. The van der Waals surface area contributed by atoms with E-state index in [1.807, 2.05) is 0 Å². The van der Waals surface area contributed by atoms with Crippen LogP contribution in [0.5, 0.6) is 0 Å². The molecule has 0 radical (unpaired) electrons. The first-order chi connectivity index (χ1) is 6.15. The van der Waals surface area contributed by atoms with Crippen molar-refractivity contribution in [1.29, 1.82) is 0 Å². The first-order valence-electron chi connectivity index (χ1n) is 4.39. The normalized spacial score (nSPS) is 40.2. The average Bonchev–Trinajstić information content (AvgIpc) is 2.09. The summed E-state index contributed by atoms with van der Waals surface area (Å²) in [5, 5.41) is 18.8. The Morgan fingerprint density at radius 1 is 1.62 bits per heavy atom. The predicted molar refractivity (Wildman–Crippen MR) is 47.1 cm³/mol. The van der Waals surface area contributed by atoms with Crippen LogP contribution in [0, 0.1) is 0 Å². The fourth-order valence-corrected chi connectivity index (χ4v) is 1.29. The van der Waals surface area contributed by atoms with E-state index in [1.54, 1.807) is 13.0 Å². The average molecular weight is 188 g/mol. The second-order valence-electron chi connectivity index (χ2n) is 3.20. The Labute approximate surface area is 77.8 Å². The van der Waals surface area contributed by atoms with Crippen molar-refractivity contribution < 1.29 is 19.7 Å². The van der Waals surface area contributed by atoms with Crippen molar-refractivity contribution in [3.63, 3.8) is 0 Å². The van der Waals surface area contributed by atoms with Crippen LogP contribution in [0.4, 0.5) is 0 Å². The van der Waals surface area contributed by atoms with Crippen LogP contribution in [0.15, 0.2) is 12.7 Å². The third kappa shape index (κ3) is 2.77. The van der Waals surface area contributed by atoms with E-state index in [-0.39, 0.29) is 6.10 Å². The standard InChI is InChI=1S/C9H16O4/c1-3-4-12-8-5-7(10)6(2)13-9(8)11/h3,6-11H,1,4-5H2,2H3/t6-,7?,8+,9?/m0/s1. The first-order valence-corrected chi connectivity index (χ1v) is 4.39. The molecule has 0 aliphatic carbocycles. The van der Waals surface area contributed by atoms with Crippen molar-refractivity contribution in [2.45, 2.75) is 37.9 Å². The molecule has 1 rings (SSSR count). The Morgan fingerprint density at radius 3 is 2.92 bits per heavy atom. The van der Waals surface area contributed by atoms with Crippen LogP contribution in [0.1, 0.15) is 13.3 Å². The molecular formula is C9H16O4. The fraction of sp³-hybridized carbons (Fsp3) is 0.778. The zero-order chi connectivity index (χ0) is 9.84. The molecule has 4 heteroatoms. The van der Waals surface area contributed by atoms with Gasteiger partial charge in [-0.25, -0.2) is 0 Å². The molecule has 4 nitrogen and oxygen atoms in total. The SMILES string of the molecule is C=CCO[C@@H]1CC(O)[C@H](C)OC1O. The molecule has 13 heavy (non-hydrogen) atoms. The van der Waals surface area contributed by atoms with Gasteiger partial charge in [0.15, 0.2) is 6.29 Å². The van der Waals surface area contributed by atoms with E-state index in [4.69, 9.17) is 9.47 Å². The molecule has 1 aliphatic rings.